The Hall–Kier alpha value is -1.75. The lowest BCUT2D eigenvalue weighted by Gasteiger charge is -2.35. The van der Waals surface area contributed by atoms with Crippen molar-refractivity contribution in [2.24, 2.45) is 0 Å². The zero-order chi connectivity index (χ0) is 15.7. The molecule has 2 aromatic rings. The monoisotopic (exact) mass is 321 g/mol. The van der Waals surface area contributed by atoms with E-state index in [4.69, 9.17) is 21.1 Å². The molecule has 118 valence electrons. The SMILES string of the molecule is COc1cc2nc(Cl)nc(N3CCCC[C@@H]3C)c2cc1OC. The van der Waals surface area contributed by atoms with Gasteiger partial charge in [0.1, 0.15) is 5.82 Å². The highest BCUT2D eigenvalue weighted by Crippen LogP contribution is 2.37. The number of nitrogens with zero attached hydrogens (tertiary/aromatic N) is 3. The first-order chi connectivity index (χ1) is 10.6. The van der Waals surface area contributed by atoms with E-state index in [0.29, 0.717) is 17.5 Å². The second-order valence-corrected chi connectivity index (χ2v) is 5.92. The van der Waals surface area contributed by atoms with Crippen molar-refractivity contribution in [2.75, 3.05) is 25.7 Å². The van der Waals surface area contributed by atoms with Crippen molar-refractivity contribution in [2.45, 2.75) is 32.2 Å². The zero-order valence-corrected chi connectivity index (χ0v) is 13.9. The molecule has 0 aliphatic carbocycles. The van der Waals surface area contributed by atoms with Crippen LogP contribution in [-0.2, 0) is 0 Å². The van der Waals surface area contributed by atoms with Crippen LogP contribution in [0.3, 0.4) is 0 Å². The molecule has 0 radical (unpaired) electrons. The van der Waals surface area contributed by atoms with E-state index in [9.17, 15) is 0 Å². The van der Waals surface area contributed by atoms with E-state index >= 15 is 0 Å². The molecule has 1 fully saturated rings. The van der Waals surface area contributed by atoms with Crippen LogP contribution in [0.2, 0.25) is 5.28 Å². The molecule has 0 spiro atoms. The number of hydrogen-bond acceptors (Lipinski definition) is 5. The highest BCUT2D eigenvalue weighted by molar-refractivity contribution is 6.28. The molecule has 1 aliphatic rings. The predicted octanol–water partition coefficient (Wildman–Crippen LogP) is 3.68. The van der Waals surface area contributed by atoms with Crippen molar-refractivity contribution in [1.29, 1.82) is 0 Å². The minimum atomic E-state index is 0.257. The van der Waals surface area contributed by atoms with Crippen molar-refractivity contribution in [3.05, 3.63) is 17.4 Å². The van der Waals surface area contributed by atoms with Gasteiger partial charge in [0.25, 0.3) is 0 Å². The normalized spacial score (nSPS) is 18.5. The van der Waals surface area contributed by atoms with E-state index in [1.807, 2.05) is 12.1 Å². The fourth-order valence-corrected chi connectivity index (χ4v) is 3.21. The average molecular weight is 322 g/mol. The van der Waals surface area contributed by atoms with Gasteiger partial charge in [-0.05, 0) is 43.9 Å². The minimum absolute atomic E-state index is 0.257. The molecule has 0 bridgehead atoms. The first kappa shape index (κ1) is 15.2. The van der Waals surface area contributed by atoms with Crippen LogP contribution in [0.4, 0.5) is 5.82 Å². The molecule has 5 nitrogen and oxygen atoms in total. The van der Waals surface area contributed by atoms with Crippen LogP contribution in [-0.4, -0.2) is 36.8 Å². The van der Waals surface area contributed by atoms with Gasteiger partial charge < -0.3 is 14.4 Å². The third kappa shape index (κ3) is 2.65. The van der Waals surface area contributed by atoms with E-state index < -0.39 is 0 Å². The highest BCUT2D eigenvalue weighted by Gasteiger charge is 2.23. The summed E-state index contributed by atoms with van der Waals surface area (Å²) in [7, 11) is 3.24. The third-order valence-electron chi connectivity index (χ3n) is 4.23. The Balaban J connectivity index is 2.20. The molecule has 1 aliphatic heterocycles. The van der Waals surface area contributed by atoms with Crippen molar-refractivity contribution < 1.29 is 9.47 Å². The van der Waals surface area contributed by atoms with Gasteiger partial charge in [-0.3, -0.25) is 0 Å². The number of anilines is 1. The summed E-state index contributed by atoms with van der Waals surface area (Å²) in [4.78, 5) is 11.1. The average Bonchev–Trinajstić information content (AvgIpc) is 2.53. The lowest BCUT2D eigenvalue weighted by Crippen LogP contribution is -2.38. The van der Waals surface area contributed by atoms with Gasteiger partial charge in [0.2, 0.25) is 5.28 Å². The first-order valence-corrected chi connectivity index (χ1v) is 7.87. The molecule has 2 heterocycles. The van der Waals surface area contributed by atoms with Crippen molar-refractivity contribution in [1.82, 2.24) is 9.97 Å². The topological polar surface area (TPSA) is 47.5 Å². The summed E-state index contributed by atoms with van der Waals surface area (Å²) < 4.78 is 10.8. The molecule has 0 amide bonds. The number of piperidine rings is 1. The number of halogens is 1. The Morgan fingerprint density at radius 2 is 1.86 bits per heavy atom. The standard InChI is InChI=1S/C16H20ClN3O2/c1-10-6-4-5-7-20(10)15-11-8-13(21-2)14(22-3)9-12(11)18-16(17)19-15/h8-10H,4-7H2,1-3H3/t10-/m0/s1. The summed E-state index contributed by atoms with van der Waals surface area (Å²) in [5, 5.41) is 1.20. The fraction of sp³-hybridized carbons (Fsp3) is 0.500. The number of hydrogen-bond donors (Lipinski definition) is 0. The quantitative estimate of drug-likeness (QED) is 0.807. The molecule has 22 heavy (non-hydrogen) atoms. The van der Waals surface area contributed by atoms with E-state index in [-0.39, 0.29) is 5.28 Å². The van der Waals surface area contributed by atoms with Gasteiger partial charge in [0, 0.05) is 24.0 Å². The van der Waals surface area contributed by atoms with Crippen LogP contribution < -0.4 is 14.4 Å². The lowest BCUT2D eigenvalue weighted by molar-refractivity contribution is 0.355. The number of ether oxygens (including phenoxy) is 2. The summed E-state index contributed by atoms with van der Waals surface area (Å²) in [6.07, 6.45) is 3.59. The predicted molar refractivity (Wildman–Crippen MR) is 88.3 cm³/mol. The van der Waals surface area contributed by atoms with E-state index in [1.165, 1.54) is 12.8 Å². The summed E-state index contributed by atoms with van der Waals surface area (Å²) in [5.41, 5.74) is 0.769. The number of fused-ring (bicyclic) bond motifs is 1. The third-order valence-corrected chi connectivity index (χ3v) is 4.40. The van der Waals surface area contributed by atoms with Gasteiger partial charge in [-0.15, -0.1) is 0 Å². The van der Waals surface area contributed by atoms with Crippen molar-refractivity contribution >= 4 is 28.3 Å². The van der Waals surface area contributed by atoms with Gasteiger partial charge in [-0.25, -0.2) is 4.98 Å². The number of methoxy groups -OCH3 is 2. The smallest absolute Gasteiger partial charge is 0.224 e. The molecule has 0 saturated carbocycles. The molecular formula is C16H20ClN3O2. The summed E-state index contributed by atoms with van der Waals surface area (Å²) in [6, 6.07) is 4.22. The van der Waals surface area contributed by atoms with Crippen LogP contribution in [0.15, 0.2) is 12.1 Å². The molecule has 1 aromatic carbocycles. The van der Waals surface area contributed by atoms with Crippen molar-refractivity contribution in [3.8, 4) is 11.5 Å². The summed E-state index contributed by atoms with van der Waals surface area (Å²) >= 11 is 6.14. The Bertz CT molecular complexity index is 693. The maximum atomic E-state index is 6.14. The molecule has 0 N–H and O–H groups in total. The Kier molecular flexibility index (Phi) is 4.25. The summed E-state index contributed by atoms with van der Waals surface area (Å²) in [5.74, 6) is 2.19. The van der Waals surface area contributed by atoms with Gasteiger partial charge in [0.05, 0.1) is 19.7 Å². The van der Waals surface area contributed by atoms with Gasteiger partial charge in [-0.2, -0.15) is 4.98 Å². The maximum Gasteiger partial charge on any atom is 0.224 e. The van der Waals surface area contributed by atoms with Gasteiger partial charge >= 0.3 is 0 Å². The molecule has 3 rings (SSSR count). The Morgan fingerprint density at radius 3 is 2.55 bits per heavy atom. The second kappa shape index (κ2) is 6.16. The van der Waals surface area contributed by atoms with Crippen LogP contribution in [0.5, 0.6) is 11.5 Å². The van der Waals surface area contributed by atoms with E-state index in [2.05, 4.69) is 21.8 Å². The summed E-state index contributed by atoms with van der Waals surface area (Å²) in [6.45, 7) is 3.21. The van der Waals surface area contributed by atoms with Crippen LogP contribution >= 0.6 is 11.6 Å². The molecule has 0 unspecified atom stereocenters. The lowest BCUT2D eigenvalue weighted by atomic mass is 10.0. The van der Waals surface area contributed by atoms with Crippen LogP contribution in [0, 0.1) is 0 Å². The largest absolute Gasteiger partial charge is 0.493 e. The van der Waals surface area contributed by atoms with Crippen molar-refractivity contribution in [3.63, 3.8) is 0 Å². The number of benzene rings is 1. The van der Waals surface area contributed by atoms with Crippen LogP contribution in [0.25, 0.3) is 10.9 Å². The Morgan fingerprint density at radius 1 is 1.14 bits per heavy atom. The molecule has 6 heteroatoms. The van der Waals surface area contributed by atoms with E-state index in [1.54, 1.807) is 14.2 Å². The number of aromatic nitrogens is 2. The molecule has 1 aromatic heterocycles. The van der Waals surface area contributed by atoms with Crippen LogP contribution in [0.1, 0.15) is 26.2 Å². The second-order valence-electron chi connectivity index (χ2n) is 5.58. The van der Waals surface area contributed by atoms with E-state index in [0.717, 1.165) is 29.7 Å². The zero-order valence-electron chi connectivity index (χ0n) is 13.1. The maximum absolute atomic E-state index is 6.14. The molecule has 1 saturated heterocycles. The molecular weight excluding hydrogens is 302 g/mol. The molecule has 1 atom stereocenters. The Labute approximate surface area is 135 Å². The van der Waals surface area contributed by atoms with Gasteiger partial charge in [-0.1, -0.05) is 0 Å². The first-order valence-electron chi connectivity index (χ1n) is 7.50. The highest BCUT2D eigenvalue weighted by atomic mass is 35.5. The number of rotatable bonds is 3. The van der Waals surface area contributed by atoms with Gasteiger partial charge in [0.15, 0.2) is 11.5 Å². The minimum Gasteiger partial charge on any atom is -0.493 e. The fourth-order valence-electron chi connectivity index (χ4n) is 3.04.